The summed E-state index contributed by atoms with van der Waals surface area (Å²) in [5, 5.41) is 9.81. The van der Waals surface area contributed by atoms with E-state index in [1.54, 1.807) is 31.2 Å². The van der Waals surface area contributed by atoms with Crippen molar-refractivity contribution in [3.8, 4) is 0 Å². The number of anilines is 2. The lowest BCUT2D eigenvalue weighted by atomic mass is 10.2. The van der Waals surface area contributed by atoms with Gasteiger partial charge in [-0.15, -0.1) is 0 Å². The van der Waals surface area contributed by atoms with Crippen LogP contribution in [0.1, 0.15) is 12.2 Å². The summed E-state index contributed by atoms with van der Waals surface area (Å²) in [6, 6.07) is 6.44. The van der Waals surface area contributed by atoms with Crippen LogP contribution in [-0.4, -0.2) is 17.0 Å². The van der Waals surface area contributed by atoms with E-state index in [2.05, 4.69) is 15.8 Å². The molecule has 1 aliphatic rings. The van der Waals surface area contributed by atoms with Crippen molar-refractivity contribution in [1.29, 1.82) is 0 Å². The van der Waals surface area contributed by atoms with Crippen molar-refractivity contribution in [2.24, 2.45) is 11.8 Å². The topological polar surface area (TPSA) is 84.2 Å². The first kappa shape index (κ1) is 15.8. The maximum atomic E-state index is 12.1. The second-order valence-electron chi connectivity index (χ2n) is 5.38. The Bertz CT molecular complexity index is 775. The lowest BCUT2D eigenvalue weighted by Gasteiger charge is -2.06. The van der Waals surface area contributed by atoms with Gasteiger partial charge in [0.2, 0.25) is 11.8 Å². The molecule has 0 aliphatic heterocycles. The summed E-state index contributed by atoms with van der Waals surface area (Å²) in [6.07, 6.45) is 0.496. The van der Waals surface area contributed by atoms with Crippen molar-refractivity contribution in [1.82, 2.24) is 5.16 Å². The first-order valence-electron chi connectivity index (χ1n) is 6.94. The molecule has 2 amide bonds. The van der Waals surface area contributed by atoms with Gasteiger partial charge in [-0.25, -0.2) is 0 Å². The van der Waals surface area contributed by atoms with Crippen LogP contribution in [0.4, 0.5) is 11.5 Å². The van der Waals surface area contributed by atoms with E-state index in [1.807, 2.05) is 0 Å². The first-order chi connectivity index (χ1) is 10.9. The fourth-order valence-corrected chi connectivity index (χ4v) is 2.53. The number of rotatable bonds is 4. The van der Waals surface area contributed by atoms with Gasteiger partial charge < -0.3 is 15.2 Å². The number of hydrogen-bond donors (Lipinski definition) is 2. The molecule has 1 aromatic heterocycles. The van der Waals surface area contributed by atoms with Crippen LogP contribution in [0.15, 0.2) is 28.8 Å². The molecular formula is C15H13Cl2N3O3. The van der Waals surface area contributed by atoms with Crippen molar-refractivity contribution in [2.45, 2.75) is 13.3 Å². The summed E-state index contributed by atoms with van der Waals surface area (Å²) in [7, 11) is 0. The van der Waals surface area contributed by atoms with E-state index in [0.29, 0.717) is 33.7 Å². The minimum Gasteiger partial charge on any atom is -0.360 e. The highest BCUT2D eigenvalue weighted by Crippen LogP contribution is 2.40. The average Bonchev–Trinajstić information content (AvgIpc) is 3.21. The third kappa shape index (κ3) is 3.65. The van der Waals surface area contributed by atoms with Crippen LogP contribution in [-0.2, 0) is 9.59 Å². The molecule has 2 unspecified atom stereocenters. The summed E-state index contributed by atoms with van der Waals surface area (Å²) in [4.78, 5) is 24.2. The summed E-state index contributed by atoms with van der Waals surface area (Å²) >= 11 is 11.7. The van der Waals surface area contributed by atoms with E-state index in [-0.39, 0.29) is 23.7 Å². The molecule has 8 heteroatoms. The number of nitrogens with one attached hydrogen (secondary N) is 2. The van der Waals surface area contributed by atoms with E-state index in [9.17, 15) is 9.59 Å². The third-order valence-electron chi connectivity index (χ3n) is 3.53. The first-order valence-corrected chi connectivity index (χ1v) is 7.70. The predicted molar refractivity (Wildman–Crippen MR) is 86.6 cm³/mol. The van der Waals surface area contributed by atoms with E-state index < -0.39 is 0 Å². The maximum absolute atomic E-state index is 12.1. The Morgan fingerprint density at radius 2 is 1.83 bits per heavy atom. The van der Waals surface area contributed by atoms with Crippen molar-refractivity contribution >= 4 is 46.5 Å². The van der Waals surface area contributed by atoms with Gasteiger partial charge in [-0.2, -0.15) is 0 Å². The third-order valence-corrected chi connectivity index (χ3v) is 4.27. The molecule has 0 saturated heterocycles. The smallest absolute Gasteiger partial charge is 0.229 e. The Kier molecular flexibility index (Phi) is 4.28. The van der Waals surface area contributed by atoms with E-state index in [0.717, 1.165) is 0 Å². The van der Waals surface area contributed by atoms with Crippen molar-refractivity contribution in [3.63, 3.8) is 0 Å². The predicted octanol–water partition coefficient (Wildman–Crippen LogP) is 3.50. The van der Waals surface area contributed by atoms with Crippen LogP contribution in [0.2, 0.25) is 10.0 Å². The van der Waals surface area contributed by atoms with E-state index >= 15 is 0 Å². The molecule has 1 saturated carbocycles. The SMILES string of the molecule is Cc1cc(NC(=O)C2CC2C(=O)Nc2ccc(Cl)c(Cl)c2)no1. The number of nitrogens with zero attached hydrogens (tertiary/aromatic N) is 1. The number of halogens is 2. The number of benzene rings is 1. The second kappa shape index (κ2) is 6.22. The minimum absolute atomic E-state index is 0.222. The normalized spacial score (nSPS) is 19.3. The van der Waals surface area contributed by atoms with E-state index in [1.165, 1.54) is 0 Å². The Labute approximate surface area is 142 Å². The van der Waals surface area contributed by atoms with Crippen molar-refractivity contribution < 1.29 is 14.1 Å². The lowest BCUT2D eigenvalue weighted by molar-refractivity contribution is -0.122. The van der Waals surface area contributed by atoms with Gasteiger partial charge in [0.1, 0.15) is 5.76 Å². The van der Waals surface area contributed by atoms with Crippen LogP contribution in [0, 0.1) is 18.8 Å². The van der Waals surface area contributed by atoms with Gasteiger partial charge in [-0.3, -0.25) is 9.59 Å². The van der Waals surface area contributed by atoms with Gasteiger partial charge in [-0.1, -0.05) is 28.4 Å². The fourth-order valence-electron chi connectivity index (χ4n) is 2.23. The molecule has 120 valence electrons. The lowest BCUT2D eigenvalue weighted by Crippen LogP contribution is -2.20. The molecule has 1 heterocycles. The van der Waals surface area contributed by atoms with Crippen LogP contribution in [0.25, 0.3) is 0 Å². The molecule has 23 heavy (non-hydrogen) atoms. The molecule has 0 radical (unpaired) electrons. The van der Waals surface area contributed by atoms with Crippen LogP contribution < -0.4 is 10.6 Å². The Hall–Kier alpha value is -2.05. The number of aryl methyl sites for hydroxylation is 1. The fraction of sp³-hybridized carbons (Fsp3) is 0.267. The molecule has 2 atom stereocenters. The molecule has 2 aromatic rings. The molecule has 0 spiro atoms. The molecule has 1 aromatic carbocycles. The standard InChI is InChI=1S/C15H13Cl2N3O3/c1-7-4-13(20-23-7)19-15(22)10-6-9(10)14(21)18-8-2-3-11(16)12(17)5-8/h2-5,9-10H,6H2,1H3,(H,18,21)(H,19,20,22). The number of carbonyl (C=O) groups excluding carboxylic acids is 2. The Morgan fingerprint density at radius 3 is 2.43 bits per heavy atom. The van der Waals surface area contributed by atoms with Gasteiger partial charge in [0, 0.05) is 11.8 Å². The molecule has 3 rings (SSSR count). The van der Waals surface area contributed by atoms with Crippen LogP contribution in [0.5, 0.6) is 0 Å². The number of aromatic nitrogens is 1. The van der Waals surface area contributed by atoms with Crippen LogP contribution in [0.3, 0.4) is 0 Å². The van der Waals surface area contributed by atoms with Crippen LogP contribution >= 0.6 is 23.2 Å². The quantitative estimate of drug-likeness (QED) is 0.880. The van der Waals surface area contributed by atoms with Gasteiger partial charge in [0.25, 0.3) is 0 Å². The van der Waals surface area contributed by atoms with Gasteiger partial charge in [-0.05, 0) is 31.5 Å². The zero-order valence-electron chi connectivity index (χ0n) is 12.1. The minimum atomic E-state index is -0.366. The summed E-state index contributed by atoms with van der Waals surface area (Å²) < 4.78 is 4.87. The molecular weight excluding hydrogens is 341 g/mol. The highest BCUT2D eigenvalue weighted by molar-refractivity contribution is 6.42. The highest BCUT2D eigenvalue weighted by Gasteiger charge is 2.48. The number of hydrogen-bond acceptors (Lipinski definition) is 4. The Morgan fingerprint density at radius 1 is 1.13 bits per heavy atom. The molecule has 0 bridgehead atoms. The van der Waals surface area contributed by atoms with Gasteiger partial charge >= 0.3 is 0 Å². The summed E-state index contributed by atoms with van der Waals surface area (Å²) in [5.41, 5.74) is 0.544. The Balaban J connectivity index is 1.55. The zero-order valence-corrected chi connectivity index (χ0v) is 13.6. The largest absolute Gasteiger partial charge is 0.360 e. The maximum Gasteiger partial charge on any atom is 0.229 e. The van der Waals surface area contributed by atoms with Crippen molar-refractivity contribution in [2.75, 3.05) is 10.6 Å². The van der Waals surface area contributed by atoms with Gasteiger partial charge in [0.15, 0.2) is 5.82 Å². The number of carbonyl (C=O) groups is 2. The summed E-state index contributed by atoms with van der Waals surface area (Å²) in [5.74, 6) is -0.243. The molecule has 1 fully saturated rings. The zero-order chi connectivity index (χ0) is 16.6. The molecule has 1 aliphatic carbocycles. The monoisotopic (exact) mass is 353 g/mol. The molecule has 2 N–H and O–H groups in total. The van der Waals surface area contributed by atoms with Crippen molar-refractivity contribution in [3.05, 3.63) is 40.1 Å². The molecule has 6 nitrogen and oxygen atoms in total. The number of amides is 2. The second-order valence-corrected chi connectivity index (χ2v) is 6.19. The summed E-state index contributed by atoms with van der Waals surface area (Å²) in [6.45, 7) is 1.73. The van der Waals surface area contributed by atoms with E-state index in [4.69, 9.17) is 27.7 Å². The van der Waals surface area contributed by atoms with Gasteiger partial charge in [0.05, 0.1) is 21.9 Å². The average molecular weight is 354 g/mol. The highest BCUT2D eigenvalue weighted by atomic mass is 35.5.